The molecule has 20 atom stereocenters. The molecule has 8 unspecified atom stereocenters. The molecule has 4 aliphatic rings. The van der Waals surface area contributed by atoms with Gasteiger partial charge in [-0.15, -0.1) is 0 Å². The smallest absolute Gasteiger partial charge is 0.217 e. The number of carbonyl (C=O) groups is 1. The minimum Gasteiger partial charge on any atom is -0.394 e. The normalized spacial score (nSPS) is 49.4. The molecule has 49 heavy (non-hydrogen) atoms. The summed E-state index contributed by atoms with van der Waals surface area (Å²) in [5, 5.41) is 87.1. The minimum atomic E-state index is -1.82. The summed E-state index contributed by atoms with van der Waals surface area (Å²) in [6.45, 7) is 8.69. The van der Waals surface area contributed by atoms with Crippen molar-refractivity contribution in [2.24, 2.45) is 11.8 Å². The summed E-state index contributed by atoms with van der Waals surface area (Å²) in [7, 11) is 0. The van der Waals surface area contributed by atoms with Crippen LogP contribution < -0.4 is 5.32 Å². The molecule has 0 aromatic carbocycles. The summed E-state index contributed by atoms with van der Waals surface area (Å²) in [5.74, 6) is -1.18. The van der Waals surface area contributed by atoms with E-state index in [-0.39, 0.29) is 18.4 Å². The Kier molecular flexibility index (Phi) is 14.6. The molecule has 4 rings (SSSR count). The number of hydrogen-bond acceptors (Lipinski definition) is 17. The van der Waals surface area contributed by atoms with Gasteiger partial charge in [-0.05, 0) is 26.2 Å². The van der Waals surface area contributed by atoms with Crippen LogP contribution in [0.25, 0.3) is 0 Å². The Hall–Kier alpha value is -1.17. The van der Waals surface area contributed by atoms with Gasteiger partial charge in [0.2, 0.25) is 5.91 Å². The lowest BCUT2D eigenvalue weighted by Crippen LogP contribution is -2.69. The summed E-state index contributed by atoms with van der Waals surface area (Å²) in [5.41, 5.74) is 0. The zero-order chi connectivity index (χ0) is 36.3. The van der Waals surface area contributed by atoms with Gasteiger partial charge in [-0.3, -0.25) is 4.79 Å². The highest BCUT2D eigenvalue weighted by molar-refractivity contribution is 5.73. The van der Waals surface area contributed by atoms with Crippen molar-refractivity contribution in [3.63, 3.8) is 0 Å². The Labute approximate surface area is 285 Å². The number of aliphatic hydroxyl groups excluding tert-OH is 8. The van der Waals surface area contributed by atoms with E-state index in [1.54, 1.807) is 13.8 Å². The third-order valence-electron chi connectivity index (χ3n) is 9.82. The largest absolute Gasteiger partial charge is 0.394 e. The second-order valence-electron chi connectivity index (χ2n) is 13.4. The van der Waals surface area contributed by atoms with E-state index in [2.05, 4.69) is 5.32 Å². The maximum Gasteiger partial charge on any atom is 0.217 e. The number of amides is 1. The summed E-state index contributed by atoms with van der Waals surface area (Å²) in [4.78, 5) is 12.5. The first-order chi connectivity index (χ1) is 23.1. The molecule has 1 amide bonds. The molecule has 0 aliphatic carbocycles. The lowest BCUT2D eigenvalue weighted by atomic mass is 9.85. The molecular formula is C31H55NO17. The average Bonchev–Trinajstić information content (AvgIpc) is 3.07. The number of carbonyl (C=O) groups excluding carboxylic acids is 1. The zero-order valence-electron chi connectivity index (χ0n) is 28.6. The van der Waals surface area contributed by atoms with Crippen LogP contribution in [-0.4, -0.2) is 177 Å². The van der Waals surface area contributed by atoms with Crippen molar-refractivity contribution in [2.75, 3.05) is 19.8 Å². The Bertz CT molecular complexity index is 1040. The maximum atomic E-state index is 12.5. The van der Waals surface area contributed by atoms with Gasteiger partial charge in [-0.2, -0.15) is 0 Å². The first-order valence-electron chi connectivity index (χ1n) is 16.9. The second-order valence-corrected chi connectivity index (χ2v) is 13.4. The topological polar surface area (TPSA) is 265 Å². The molecule has 18 heteroatoms. The van der Waals surface area contributed by atoms with Crippen LogP contribution in [0.4, 0.5) is 0 Å². The number of rotatable bonds is 12. The second kappa shape index (κ2) is 17.6. The van der Waals surface area contributed by atoms with Crippen molar-refractivity contribution in [2.45, 2.75) is 159 Å². The number of nitrogens with one attached hydrogen (secondary N) is 1. The molecule has 4 saturated heterocycles. The highest BCUT2D eigenvalue weighted by Gasteiger charge is 2.55. The molecule has 4 heterocycles. The molecule has 0 aromatic heterocycles. The average molecular weight is 714 g/mol. The predicted molar refractivity (Wildman–Crippen MR) is 163 cm³/mol. The standard InChI is InChI=1S/C31H55NO17/c1-7-8-42-31-27(26(20(37)14(5)44-31)48-30-24(41)23(40)21(38)16(9-33)46-30)49-29-18(32-15(6)35)25(22(39)17(10-34)45-29)47-28-12(3)11(2)19(36)13(4)43-28/h11-14,16-31,33-34,36-41H,7-10H2,1-6H3,(H,32,35)/t11-,12?,13?,14?,16+,17?,18?,19-,20+,21-,22-,23?,24?,25-,26+,27?,28+,29+,30-,31-/m1/s1. The van der Waals surface area contributed by atoms with E-state index < -0.39 is 130 Å². The monoisotopic (exact) mass is 713 g/mol. The molecular weight excluding hydrogens is 658 g/mol. The molecule has 0 saturated carbocycles. The molecule has 286 valence electrons. The number of aliphatic hydroxyl groups is 8. The van der Waals surface area contributed by atoms with Gasteiger partial charge in [0.25, 0.3) is 0 Å². The Balaban J connectivity index is 1.68. The lowest BCUT2D eigenvalue weighted by molar-refractivity contribution is -0.387. The summed E-state index contributed by atoms with van der Waals surface area (Å²) in [6.07, 6.45) is -22.2. The molecule has 0 aromatic rings. The SMILES string of the molecule is CCCO[C@@H]1OC(C)[C@H](O)[C@H](O[C@H]2O[C@@H](CO)[C@@H](O)C(O)C2O)C1O[C@@H]1OC(CO)[C@@H](O)[C@H](O[C@@H]2OC(C)[C@H](O)[C@H](C)C2C)C1NC(C)=O. The zero-order valence-corrected chi connectivity index (χ0v) is 28.6. The van der Waals surface area contributed by atoms with Crippen molar-refractivity contribution in [1.82, 2.24) is 5.32 Å². The van der Waals surface area contributed by atoms with Crippen LogP contribution in [-0.2, 0) is 42.7 Å². The van der Waals surface area contributed by atoms with Gasteiger partial charge in [0, 0.05) is 19.4 Å². The van der Waals surface area contributed by atoms with Crippen LogP contribution in [0.5, 0.6) is 0 Å². The highest BCUT2D eigenvalue weighted by Crippen LogP contribution is 2.37. The molecule has 18 nitrogen and oxygen atoms in total. The van der Waals surface area contributed by atoms with E-state index in [4.69, 9.17) is 37.9 Å². The van der Waals surface area contributed by atoms with Gasteiger partial charge >= 0.3 is 0 Å². The van der Waals surface area contributed by atoms with Crippen LogP contribution in [0.3, 0.4) is 0 Å². The van der Waals surface area contributed by atoms with E-state index in [1.165, 1.54) is 13.8 Å². The minimum absolute atomic E-state index is 0.170. The van der Waals surface area contributed by atoms with E-state index in [0.29, 0.717) is 6.42 Å². The van der Waals surface area contributed by atoms with Crippen molar-refractivity contribution < 1.29 is 83.5 Å². The van der Waals surface area contributed by atoms with E-state index in [0.717, 1.165) is 0 Å². The van der Waals surface area contributed by atoms with Crippen molar-refractivity contribution in [3.8, 4) is 0 Å². The fourth-order valence-electron chi connectivity index (χ4n) is 6.59. The van der Waals surface area contributed by atoms with E-state index in [1.807, 2.05) is 13.8 Å². The molecule has 4 aliphatic heterocycles. The maximum absolute atomic E-state index is 12.5. The van der Waals surface area contributed by atoms with Crippen molar-refractivity contribution >= 4 is 5.91 Å². The first-order valence-corrected chi connectivity index (χ1v) is 16.9. The fourth-order valence-corrected chi connectivity index (χ4v) is 6.59. The van der Waals surface area contributed by atoms with Crippen LogP contribution in [0.15, 0.2) is 0 Å². The van der Waals surface area contributed by atoms with Gasteiger partial charge in [0.05, 0.1) is 31.5 Å². The molecule has 0 bridgehead atoms. The van der Waals surface area contributed by atoms with Gasteiger partial charge in [0.15, 0.2) is 25.2 Å². The van der Waals surface area contributed by atoms with E-state index >= 15 is 0 Å². The Morgan fingerprint density at radius 2 is 1.16 bits per heavy atom. The molecule has 9 N–H and O–H groups in total. The Morgan fingerprint density at radius 1 is 0.612 bits per heavy atom. The van der Waals surface area contributed by atoms with Crippen LogP contribution in [0, 0.1) is 11.8 Å². The van der Waals surface area contributed by atoms with Crippen molar-refractivity contribution in [1.29, 1.82) is 0 Å². The van der Waals surface area contributed by atoms with Crippen LogP contribution >= 0.6 is 0 Å². The van der Waals surface area contributed by atoms with Gasteiger partial charge in [-0.25, -0.2) is 0 Å². The van der Waals surface area contributed by atoms with E-state index in [9.17, 15) is 45.6 Å². The quantitative estimate of drug-likeness (QED) is 0.0947. The number of ether oxygens (including phenoxy) is 8. The third-order valence-corrected chi connectivity index (χ3v) is 9.82. The number of hydrogen-bond donors (Lipinski definition) is 9. The molecule has 0 radical (unpaired) electrons. The van der Waals surface area contributed by atoms with Gasteiger partial charge < -0.3 is 84.1 Å². The Morgan fingerprint density at radius 3 is 1.78 bits per heavy atom. The van der Waals surface area contributed by atoms with Gasteiger partial charge in [0.1, 0.15) is 67.1 Å². The summed E-state index contributed by atoms with van der Waals surface area (Å²) >= 11 is 0. The summed E-state index contributed by atoms with van der Waals surface area (Å²) < 4.78 is 48.1. The molecule has 4 fully saturated rings. The first kappa shape index (κ1) is 40.6. The van der Waals surface area contributed by atoms with Gasteiger partial charge in [-0.1, -0.05) is 20.8 Å². The highest BCUT2D eigenvalue weighted by atomic mass is 16.8. The molecule has 0 spiro atoms. The lowest BCUT2D eigenvalue weighted by Gasteiger charge is -2.51. The summed E-state index contributed by atoms with van der Waals surface area (Å²) in [6, 6.07) is -1.26. The van der Waals surface area contributed by atoms with Crippen LogP contribution in [0.2, 0.25) is 0 Å². The van der Waals surface area contributed by atoms with Crippen LogP contribution in [0.1, 0.15) is 48.0 Å². The predicted octanol–water partition coefficient (Wildman–Crippen LogP) is -3.57. The van der Waals surface area contributed by atoms with Crippen molar-refractivity contribution in [3.05, 3.63) is 0 Å². The fraction of sp³-hybridized carbons (Fsp3) is 0.968. The third kappa shape index (κ3) is 8.90.